The normalized spacial score (nSPS) is 11.2. The lowest BCUT2D eigenvalue weighted by Gasteiger charge is -2.11. The van der Waals surface area contributed by atoms with Gasteiger partial charge in [0.05, 0.1) is 12.2 Å². The number of halogens is 2. The number of aromatic amines is 1. The summed E-state index contributed by atoms with van der Waals surface area (Å²) in [4.78, 5) is 11.6. The van der Waals surface area contributed by atoms with E-state index in [9.17, 15) is 4.39 Å². The standard InChI is InChI=1S/C18H20FN5.HI/c1-20-18(24-12-15-4-2-3-8-21-15)22-9-7-13-11-23-17-6-5-14(19)10-16(13)17;/h2-6,8,10-11,23H,7,9,12H2,1H3,(H2,20,22,24);1H. The Labute approximate surface area is 163 Å². The zero-order valence-corrected chi connectivity index (χ0v) is 16.3. The molecule has 0 amide bonds. The number of hydrogen-bond acceptors (Lipinski definition) is 2. The number of fused-ring (bicyclic) bond motifs is 1. The summed E-state index contributed by atoms with van der Waals surface area (Å²) in [5, 5.41) is 7.41. The molecule has 0 aliphatic carbocycles. The molecule has 0 saturated carbocycles. The predicted octanol–water partition coefficient (Wildman–Crippen LogP) is 3.23. The Morgan fingerprint density at radius 1 is 1.24 bits per heavy atom. The van der Waals surface area contributed by atoms with Crippen molar-refractivity contribution in [3.8, 4) is 0 Å². The van der Waals surface area contributed by atoms with Crippen molar-refractivity contribution in [1.82, 2.24) is 20.6 Å². The van der Waals surface area contributed by atoms with Crippen LogP contribution in [0, 0.1) is 5.82 Å². The summed E-state index contributed by atoms with van der Waals surface area (Å²) in [5.41, 5.74) is 2.98. The highest BCUT2D eigenvalue weighted by atomic mass is 127. The minimum Gasteiger partial charge on any atom is -0.361 e. The fraction of sp³-hybridized carbons (Fsp3) is 0.222. The number of H-pyrrole nitrogens is 1. The largest absolute Gasteiger partial charge is 0.361 e. The molecule has 0 saturated heterocycles. The van der Waals surface area contributed by atoms with Crippen LogP contribution in [0.3, 0.4) is 0 Å². The Bertz CT molecular complexity index is 832. The molecule has 0 unspecified atom stereocenters. The lowest BCUT2D eigenvalue weighted by Crippen LogP contribution is -2.38. The Hall–Kier alpha value is -2.16. The first-order valence-corrected chi connectivity index (χ1v) is 7.86. The molecule has 25 heavy (non-hydrogen) atoms. The van der Waals surface area contributed by atoms with E-state index in [1.165, 1.54) is 6.07 Å². The summed E-state index contributed by atoms with van der Waals surface area (Å²) in [7, 11) is 1.73. The molecule has 132 valence electrons. The van der Waals surface area contributed by atoms with Crippen molar-refractivity contribution in [2.45, 2.75) is 13.0 Å². The van der Waals surface area contributed by atoms with Crippen LogP contribution < -0.4 is 10.6 Å². The molecule has 7 heteroatoms. The second kappa shape index (κ2) is 9.36. The monoisotopic (exact) mass is 453 g/mol. The van der Waals surface area contributed by atoms with Gasteiger partial charge in [0.15, 0.2) is 5.96 Å². The lowest BCUT2D eigenvalue weighted by atomic mass is 10.1. The SMILES string of the molecule is CN=C(NCCc1c[nH]c2ccc(F)cc12)NCc1ccccn1.I. The second-order valence-electron chi connectivity index (χ2n) is 5.43. The van der Waals surface area contributed by atoms with Gasteiger partial charge in [0, 0.05) is 36.9 Å². The quantitative estimate of drug-likeness (QED) is 0.316. The Kier molecular flexibility index (Phi) is 7.17. The number of hydrogen-bond donors (Lipinski definition) is 3. The predicted molar refractivity (Wildman–Crippen MR) is 110 cm³/mol. The molecular weight excluding hydrogens is 432 g/mol. The van der Waals surface area contributed by atoms with Gasteiger partial charge in [0.25, 0.3) is 0 Å². The van der Waals surface area contributed by atoms with Gasteiger partial charge in [0.1, 0.15) is 5.82 Å². The van der Waals surface area contributed by atoms with Gasteiger partial charge in [-0.05, 0) is 42.3 Å². The molecule has 1 aromatic carbocycles. The number of nitrogens with zero attached hydrogens (tertiary/aromatic N) is 2. The van der Waals surface area contributed by atoms with Gasteiger partial charge in [-0.2, -0.15) is 0 Å². The number of pyridine rings is 1. The van der Waals surface area contributed by atoms with Crippen LogP contribution in [0.5, 0.6) is 0 Å². The van der Waals surface area contributed by atoms with Crippen LogP contribution >= 0.6 is 24.0 Å². The zero-order chi connectivity index (χ0) is 16.8. The van der Waals surface area contributed by atoms with Gasteiger partial charge in [0.2, 0.25) is 0 Å². The van der Waals surface area contributed by atoms with E-state index in [2.05, 4.69) is 25.6 Å². The molecule has 2 heterocycles. The molecule has 0 bridgehead atoms. The van der Waals surface area contributed by atoms with E-state index in [1.807, 2.05) is 24.4 Å². The average molecular weight is 453 g/mol. The number of guanidine groups is 1. The Balaban J connectivity index is 0.00000225. The van der Waals surface area contributed by atoms with Crippen molar-refractivity contribution in [3.63, 3.8) is 0 Å². The highest BCUT2D eigenvalue weighted by Gasteiger charge is 2.05. The summed E-state index contributed by atoms with van der Waals surface area (Å²) in [6.07, 6.45) is 4.47. The van der Waals surface area contributed by atoms with E-state index in [0.717, 1.165) is 28.6 Å². The third-order valence-electron chi connectivity index (χ3n) is 3.80. The van der Waals surface area contributed by atoms with Crippen LogP contribution in [-0.4, -0.2) is 29.5 Å². The highest BCUT2D eigenvalue weighted by molar-refractivity contribution is 14.0. The molecule has 0 aliphatic heterocycles. The first-order chi connectivity index (χ1) is 11.8. The second-order valence-corrected chi connectivity index (χ2v) is 5.43. The topological polar surface area (TPSA) is 65.1 Å². The van der Waals surface area contributed by atoms with Gasteiger partial charge in [-0.15, -0.1) is 24.0 Å². The smallest absolute Gasteiger partial charge is 0.191 e. The minimum absolute atomic E-state index is 0. The maximum absolute atomic E-state index is 13.4. The average Bonchev–Trinajstić information content (AvgIpc) is 3.01. The molecule has 3 aromatic rings. The minimum atomic E-state index is -0.218. The van der Waals surface area contributed by atoms with Crippen LogP contribution in [0.15, 0.2) is 53.8 Å². The van der Waals surface area contributed by atoms with E-state index < -0.39 is 0 Å². The van der Waals surface area contributed by atoms with Crippen LogP contribution in [0.1, 0.15) is 11.3 Å². The van der Waals surface area contributed by atoms with Crippen molar-refractivity contribution < 1.29 is 4.39 Å². The Morgan fingerprint density at radius 3 is 2.88 bits per heavy atom. The first kappa shape index (κ1) is 19.2. The number of aliphatic imine (C=N–C) groups is 1. The van der Waals surface area contributed by atoms with Crippen LogP contribution in [-0.2, 0) is 13.0 Å². The number of nitrogens with one attached hydrogen (secondary N) is 3. The van der Waals surface area contributed by atoms with Crippen molar-refractivity contribution in [1.29, 1.82) is 0 Å². The van der Waals surface area contributed by atoms with Crippen molar-refractivity contribution in [2.75, 3.05) is 13.6 Å². The molecule has 3 N–H and O–H groups in total. The highest BCUT2D eigenvalue weighted by Crippen LogP contribution is 2.19. The van der Waals surface area contributed by atoms with E-state index in [1.54, 1.807) is 25.4 Å². The fourth-order valence-electron chi connectivity index (χ4n) is 2.57. The van der Waals surface area contributed by atoms with Gasteiger partial charge in [-0.1, -0.05) is 6.07 Å². The van der Waals surface area contributed by atoms with Gasteiger partial charge < -0.3 is 15.6 Å². The van der Waals surface area contributed by atoms with Crippen LogP contribution in [0.4, 0.5) is 4.39 Å². The van der Waals surface area contributed by atoms with Crippen molar-refractivity contribution in [3.05, 3.63) is 65.9 Å². The van der Waals surface area contributed by atoms with E-state index in [4.69, 9.17) is 0 Å². The molecule has 2 aromatic heterocycles. The van der Waals surface area contributed by atoms with Crippen LogP contribution in [0.2, 0.25) is 0 Å². The third kappa shape index (κ3) is 5.15. The third-order valence-corrected chi connectivity index (χ3v) is 3.80. The summed E-state index contributed by atoms with van der Waals surface area (Å²) in [5.74, 6) is 0.496. The lowest BCUT2D eigenvalue weighted by molar-refractivity contribution is 0.629. The van der Waals surface area contributed by atoms with Crippen LogP contribution in [0.25, 0.3) is 10.9 Å². The van der Waals surface area contributed by atoms with Gasteiger partial charge in [-0.3, -0.25) is 9.98 Å². The number of benzene rings is 1. The molecule has 3 rings (SSSR count). The molecule has 0 radical (unpaired) electrons. The van der Waals surface area contributed by atoms with E-state index in [-0.39, 0.29) is 29.8 Å². The first-order valence-electron chi connectivity index (χ1n) is 7.86. The molecule has 5 nitrogen and oxygen atoms in total. The summed E-state index contributed by atoms with van der Waals surface area (Å²) < 4.78 is 13.4. The fourth-order valence-corrected chi connectivity index (χ4v) is 2.57. The summed E-state index contributed by atoms with van der Waals surface area (Å²) in [6.45, 7) is 1.31. The van der Waals surface area contributed by atoms with Gasteiger partial charge in [-0.25, -0.2) is 4.39 Å². The van der Waals surface area contributed by atoms with Crippen molar-refractivity contribution in [2.24, 2.45) is 4.99 Å². The zero-order valence-electron chi connectivity index (χ0n) is 13.9. The molecule has 0 atom stereocenters. The van der Waals surface area contributed by atoms with Gasteiger partial charge >= 0.3 is 0 Å². The Morgan fingerprint density at radius 2 is 2.12 bits per heavy atom. The van der Waals surface area contributed by atoms with E-state index >= 15 is 0 Å². The molecule has 0 spiro atoms. The van der Waals surface area contributed by atoms with E-state index in [0.29, 0.717) is 19.0 Å². The molecule has 0 fully saturated rings. The van der Waals surface area contributed by atoms with Crippen molar-refractivity contribution >= 4 is 40.8 Å². The number of rotatable bonds is 5. The number of aromatic nitrogens is 2. The molecule has 0 aliphatic rings. The summed E-state index contributed by atoms with van der Waals surface area (Å²) in [6, 6.07) is 10.6. The molecular formula is C18H21FIN5. The maximum atomic E-state index is 13.4. The maximum Gasteiger partial charge on any atom is 0.191 e. The summed E-state index contributed by atoms with van der Waals surface area (Å²) >= 11 is 0.